The smallest absolute Gasteiger partial charge is 0.261 e. The van der Waals surface area contributed by atoms with Gasteiger partial charge in [0, 0.05) is 19.0 Å². The molecular formula is C20H24N2O3. The summed E-state index contributed by atoms with van der Waals surface area (Å²) in [5.41, 5.74) is 0.867. The molecule has 1 aliphatic heterocycles. The summed E-state index contributed by atoms with van der Waals surface area (Å²) in [5, 5.41) is 3.09. The third-order valence-electron chi connectivity index (χ3n) is 6.26. The average Bonchev–Trinajstić information content (AvgIpc) is 3.29. The highest BCUT2D eigenvalue weighted by Gasteiger charge is 2.42. The molecule has 4 rings (SSSR count). The highest BCUT2D eigenvalue weighted by Crippen LogP contribution is 2.49. The molecule has 0 saturated heterocycles. The van der Waals surface area contributed by atoms with Crippen molar-refractivity contribution < 1.29 is 14.4 Å². The van der Waals surface area contributed by atoms with Gasteiger partial charge in [0.05, 0.1) is 11.1 Å². The topological polar surface area (TPSA) is 66.5 Å². The molecule has 4 atom stereocenters. The normalized spacial score (nSPS) is 28.4. The van der Waals surface area contributed by atoms with E-state index in [-0.39, 0.29) is 36.7 Å². The number of benzene rings is 1. The highest BCUT2D eigenvalue weighted by molar-refractivity contribution is 6.21. The lowest BCUT2D eigenvalue weighted by Gasteiger charge is -2.28. The molecule has 5 heteroatoms. The number of rotatable bonds is 5. The second kappa shape index (κ2) is 6.28. The van der Waals surface area contributed by atoms with E-state index in [0.717, 1.165) is 11.8 Å². The van der Waals surface area contributed by atoms with E-state index in [0.29, 0.717) is 17.0 Å². The van der Waals surface area contributed by atoms with Crippen LogP contribution in [0.5, 0.6) is 0 Å². The van der Waals surface area contributed by atoms with Crippen LogP contribution in [0.25, 0.3) is 0 Å². The maximum absolute atomic E-state index is 12.3. The average molecular weight is 340 g/mol. The molecule has 3 aliphatic rings. The van der Waals surface area contributed by atoms with Crippen LogP contribution in [-0.4, -0.2) is 35.2 Å². The van der Waals surface area contributed by atoms with E-state index in [2.05, 4.69) is 12.2 Å². The first-order chi connectivity index (χ1) is 12.0. The number of fused-ring (bicyclic) bond motifs is 3. The summed E-state index contributed by atoms with van der Waals surface area (Å²) in [5.74, 6) is 1.53. The first kappa shape index (κ1) is 16.3. The van der Waals surface area contributed by atoms with Crippen LogP contribution in [0.3, 0.4) is 0 Å². The van der Waals surface area contributed by atoms with E-state index in [1.165, 1.54) is 30.6 Å². The van der Waals surface area contributed by atoms with Gasteiger partial charge in [-0.15, -0.1) is 0 Å². The van der Waals surface area contributed by atoms with Gasteiger partial charge < -0.3 is 5.32 Å². The summed E-state index contributed by atoms with van der Waals surface area (Å²) < 4.78 is 0. The lowest BCUT2D eigenvalue weighted by molar-refractivity contribution is -0.122. The van der Waals surface area contributed by atoms with Crippen LogP contribution in [0.15, 0.2) is 24.3 Å². The van der Waals surface area contributed by atoms with Gasteiger partial charge in [-0.3, -0.25) is 19.3 Å². The number of nitrogens with one attached hydrogen (secondary N) is 1. The van der Waals surface area contributed by atoms with Gasteiger partial charge in [0.2, 0.25) is 5.91 Å². The highest BCUT2D eigenvalue weighted by atomic mass is 16.2. The van der Waals surface area contributed by atoms with E-state index in [9.17, 15) is 14.4 Å². The SMILES string of the molecule is CC(NC(=O)CCN1C(=O)c2ccccc2C1=O)C1CC2CCC1C2. The van der Waals surface area contributed by atoms with Crippen LogP contribution in [0, 0.1) is 17.8 Å². The maximum atomic E-state index is 12.3. The van der Waals surface area contributed by atoms with Crippen LogP contribution < -0.4 is 5.32 Å². The van der Waals surface area contributed by atoms with Gasteiger partial charge in [0.25, 0.3) is 11.8 Å². The second-order valence-corrected chi connectivity index (χ2v) is 7.75. The predicted octanol–water partition coefficient (Wildman–Crippen LogP) is 2.61. The molecule has 2 saturated carbocycles. The molecule has 0 radical (unpaired) electrons. The van der Waals surface area contributed by atoms with E-state index in [1.54, 1.807) is 24.3 Å². The molecule has 0 spiro atoms. The van der Waals surface area contributed by atoms with Crippen molar-refractivity contribution >= 4 is 17.7 Å². The number of hydrogen-bond donors (Lipinski definition) is 1. The minimum atomic E-state index is -0.297. The summed E-state index contributed by atoms with van der Waals surface area (Å²) >= 11 is 0. The molecule has 1 aromatic carbocycles. The van der Waals surface area contributed by atoms with Crippen LogP contribution in [0.2, 0.25) is 0 Å². The summed E-state index contributed by atoms with van der Waals surface area (Å²) in [6.07, 6.45) is 5.35. The number of amides is 3. The fourth-order valence-electron chi connectivity index (χ4n) is 5.00. The van der Waals surface area contributed by atoms with Crippen molar-refractivity contribution in [2.75, 3.05) is 6.54 Å². The molecule has 4 unspecified atom stereocenters. The van der Waals surface area contributed by atoms with Crippen LogP contribution in [0.1, 0.15) is 59.7 Å². The minimum absolute atomic E-state index is 0.0770. The summed E-state index contributed by atoms with van der Waals surface area (Å²) in [6, 6.07) is 6.98. The van der Waals surface area contributed by atoms with Gasteiger partial charge in [0.1, 0.15) is 0 Å². The Labute approximate surface area is 147 Å². The second-order valence-electron chi connectivity index (χ2n) is 7.75. The Bertz CT molecular complexity index is 694. The van der Waals surface area contributed by atoms with Crippen molar-refractivity contribution in [2.24, 2.45) is 17.8 Å². The lowest BCUT2D eigenvalue weighted by atomic mass is 9.84. The van der Waals surface area contributed by atoms with Gasteiger partial charge in [-0.25, -0.2) is 0 Å². The van der Waals surface area contributed by atoms with Gasteiger partial charge in [-0.05, 0) is 56.1 Å². The minimum Gasteiger partial charge on any atom is -0.353 e. The number of hydrogen-bond acceptors (Lipinski definition) is 3. The van der Waals surface area contributed by atoms with Crippen molar-refractivity contribution in [2.45, 2.75) is 45.1 Å². The largest absolute Gasteiger partial charge is 0.353 e. The summed E-state index contributed by atoms with van der Waals surface area (Å²) in [4.78, 5) is 38.1. The number of carbonyl (C=O) groups is 3. The number of carbonyl (C=O) groups excluding carboxylic acids is 3. The van der Waals surface area contributed by atoms with Crippen molar-refractivity contribution in [3.8, 4) is 0 Å². The molecule has 3 amide bonds. The summed E-state index contributed by atoms with van der Waals surface area (Å²) in [7, 11) is 0. The Kier molecular flexibility index (Phi) is 4.10. The van der Waals surface area contributed by atoms with E-state index in [1.807, 2.05) is 0 Å². The molecule has 25 heavy (non-hydrogen) atoms. The van der Waals surface area contributed by atoms with Gasteiger partial charge in [-0.2, -0.15) is 0 Å². The first-order valence-electron chi connectivity index (χ1n) is 9.29. The van der Waals surface area contributed by atoms with E-state index >= 15 is 0 Å². The molecular weight excluding hydrogens is 316 g/mol. The Balaban J connectivity index is 1.31. The Morgan fingerprint density at radius 1 is 1.16 bits per heavy atom. The Morgan fingerprint density at radius 2 is 1.84 bits per heavy atom. The molecule has 132 valence electrons. The Hall–Kier alpha value is -2.17. The van der Waals surface area contributed by atoms with Crippen molar-refractivity contribution in [3.63, 3.8) is 0 Å². The molecule has 2 fully saturated rings. The van der Waals surface area contributed by atoms with Crippen molar-refractivity contribution in [1.29, 1.82) is 0 Å². The zero-order valence-corrected chi connectivity index (χ0v) is 14.5. The van der Waals surface area contributed by atoms with Gasteiger partial charge in [0.15, 0.2) is 0 Å². The molecule has 0 aromatic heterocycles. The zero-order valence-electron chi connectivity index (χ0n) is 14.5. The monoisotopic (exact) mass is 340 g/mol. The molecule has 1 N–H and O–H groups in total. The molecule has 5 nitrogen and oxygen atoms in total. The lowest BCUT2D eigenvalue weighted by Crippen LogP contribution is -2.42. The number of nitrogens with zero attached hydrogens (tertiary/aromatic N) is 1. The third-order valence-corrected chi connectivity index (χ3v) is 6.26. The van der Waals surface area contributed by atoms with E-state index in [4.69, 9.17) is 0 Å². The Morgan fingerprint density at radius 3 is 2.40 bits per heavy atom. The van der Waals surface area contributed by atoms with Crippen LogP contribution in [-0.2, 0) is 4.79 Å². The van der Waals surface area contributed by atoms with Gasteiger partial charge in [-0.1, -0.05) is 18.6 Å². The molecule has 2 bridgehead atoms. The molecule has 1 heterocycles. The number of imide groups is 1. The fourth-order valence-corrected chi connectivity index (χ4v) is 5.00. The molecule has 2 aliphatic carbocycles. The first-order valence-corrected chi connectivity index (χ1v) is 9.29. The van der Waals surface area contributed by atoms with Gasteiger partial charge >= 0.3 is 0 Å². The third kappa shape index (κ3) is 2.86. The summed E-state index contributed by atoms with van der Waals surface area (Å²) in [6.45, 7) is 2.23. The molecule has 1 aromatic rings. The quantitative estimate of drug-likeness (QED) is 0.838. The fraction of sp³-hybridized carbons (Fsp3) is 0.550. The zero-order chi connectivity index (χ0) is 17.6. The van der Waals surface area contributed by atoms with Crippen molar-refractivity contribution in [1.82, 2.24) is 10.2 Å². The maximum Gasteiger partial charge on any atom is 0.261 e. The predicted molar refractivity (Wildman–Crippen MR) is 93.0 cm³/mol. The van der Waals surface area contributed by atoms with Crippen molar-refractivity contribution in [3.05, 3.63) is 35.4 Å². The van der Waals surface area contributed by atoms with E-state index < -0.39 is 0 Å². The standard InChI is InChI=1S/C20H24N2O3/c1-12(17-11-13-6-7-14(17)10-13)21-18(23)8-9-22-19(24)15-4-2-3-5-16(15)20(22)25/h2-5,12-14,17H,6-11H2,1H3,(H,21,23). The van der Waals surface area contributed by atoms with Crippen LogP contribution >= 0.6 is 0 Å². The van der Waals surface area contributed by atoms with Crippen LogP contribution in [0.4, 0.5) is 0 Å².